The van der Waals surface area contributed by atoms with Gasteiger partial charge in [0.1, 0.15) is 18.2 Å². The van der Waals surface area contributed by atoms with Crippen LogP contribution in [0.5, 0.6) is 0 Å². The fourth-order valence-corrected chi connectivity index (χ4v) is 4.62. The van der Waals surface area contributed by atoms with Crippen LogP contribution in [0.4, 0.5) is 0 Å². The minimum absolute atomic E-state index is 0.0903. The highest BCUT2D eigenvalue weighted by molar-refractivity contribution is 5.92. The summed E-state index contributed by atoms with van der Waals surface area (Å²) >= 11 is 0. The summed E-state index contributed by atoms with van der Waals surface area (Å²) < 4.78 is 1.74. The first-order valence-corrected chi connectivity index (χ1v) is 10.2. The maximum absolute atomic E-state index is 13.4. The maximum Gasteiger partial charge on any atom is 0.248 e. The van der Waals surface area contributed by atoms with Gasteiger partial charge in [-0.15, -0.1) is 0 Å². The highest BCUT2D eigenvalue weighted by atomic mass is 16.2. The molecule has 3 heterocycles. The zero-order chi connectivity index (χ0) is 19.4. The number of piperidine rings is 1. The van der Waals surface area contributed by atoms with Gasteiger partial charge in [0, 0.05) is 32.6 Å². The predicted octanol–water partition coefficient (Wildman–Crippen LogP) is 2.24. The Morgan fingerprint density at radius 1 is 1.11 bits per heavy atom. The van der Waals surface area contributed by atoms with Gasteiger partial charge in [0.15, 0.2) is 0 Å². The molecule has 0 saturated carbocycles. The fraction of sp³-hybridized carbons (Fsp3) is 0.524. The molecule has 1 atom stereocenters. The quantitative estimate of drug-likeness (QED) is 0.769. The van der Waals surface area contributed by atoms with Crippen LogP contribution in [0, 0.1) is 0 Å². The van der Waals surface area contributed by atoms with Crippen molar-refractivity contribution in [1.82, 2.24) is 24.6 Å². The molecule has 2 saturated heterocycles. The molecule has 0 N–H and O–H groups in total. The number of likely N-dealkylation sites (tertiary alicyclic amines) is 2. The molecule has 2 fully saturated rings. The Labute approximate surface area is 165 Å². The van der Waals surface area contributed by atoms with Crippen LogP contribution in [0.2, 0.25) is 0 Å². The predicted molar refractivity (Wildman–Crippen MR) is 104 cm³/mol. The highest BCUT2D eigenvalue weighted by Gasteiger charge is 2.52. The third-order valence-corrected chi connectivity index (χ3v) is 5.95. The molecule has 4 rings (SSSR count). The van der Waals surface area contributed by atoms with Gasteiger partial charge < -0.3 is 9.80 Å². The van der Waals surface area contributed by atoms with Crippen molar-refractivity contribution < 1.29 is 9.59 Å². The highest BCUT2D eigenvalue weighted by Crippen LogP contribution is 2.39. The number of rotatable bonds is 6. The van der Waals surface area contributed by atoms with Crippen LogP contribution in [-0.2, 0) is 22.7 Å². The normalized spacial score (nSPS) is 22.2. The van der Waals surface area contributed by atoms with Gasteiger partial charge in [-0.3, -0.25) is 14.3 Å². The number of aromatic nitrogens is 3. The number of aryl methyl sites for hydroxylation is 1. The standard InChI is InChI=1S/C21H27N5O2/c27-19(9-4-13-25-17-22-16-23-25)26-14-6-11-21(26)10-5-12-24(20(21)28)15-18-7-2-1-3-8-18/h1-3,7-8,16-17H,4-6,9-15H2. The molecule has 7 nitrogen and oxygen atoms in total. The van der Waals surface area contributed by atoms with Crippen molar-refractivity contribution in [3.63, 3.8) is 0 Å². The van der Waals surface area contributed by atoms with Gasteiger partial charge in [-0.05, 0) is 37.7 Å². The molecule has 2 aromatic rings. The third-order valence-electron chi connectivity index (χ3n) is 5.95. The minimum Gasteiger partial charge on any atom is -0.336 e. The van der Waals surface area contributed by atoms with Crippen molar-refractivity contribution >= 4 is 11.8 Å². The number of carbonyl (C=O) groups excluding carboxylic acids is 2. The molecule has 28 heavy (non-hydrogen) atoms. The van der Waals surface area contributed by atoms with E-state index in [1.54, 1.807) is 11.0 Å². The van der Waals surface area contributed by atoms with E-state index in [-0.39, 0.29) is 11.8 Å². The topological polar surface area (TPSA) is 71.3 Å². The first-order valence-electron chi connectivity index (χ1n) is 10.2. The lowest BCUT2D eigenvalue weighted by atomic mass is 9.85. The SMILES string of the molecule is O=C(CCCn1cncn1)N1CCCC12CCCN(Cc1ccccc1)C2=O. The Balaban J connectivity index is 1.42. The Kier molecular flexibility index (Phi) is 5.41. The number of carbonyl (C=O) groups is 2. The lowest BCUT2D eigenvalue weighted by Crippen LogP contribution is -2.61. The number of nitrogens with zero attached hydrogens (tertiary/aromatic N) is 5. The molecule has 148 valence electrons. The van der Waals surface area contributed by atoms with Gasteiger partial charge in [0.25, 0.3) is 0 Å². The van der Waals surface area contributed by atoms with Gasteiger partial charge in [-0.1, -0.05) is 30.3 Å². The lowest BCUT2D eigenvalue weighted by molar-refractivity contribution is -0.156. The van der Waals surface area contributed by atoms with Gasteiger partial charge in [0.05, 0.1) is 0 Å². The summed E-state index contributed by atoms with van der Waals surface area (Å²) in [5.74, 6) is 0.220. The summed E-state index contributed by atoms with van der Waals surface area (Å²) in [6.45, 7) is 2.74. The molecule has 1 aromatic carbocycles. The van der Waals surface area contributed by atoms with Gasteiger partial charge in [0.2, 0.25) is 11.8 Å². The van der Waals surface area contributed by atoms with E-state index in [9.17, 15) is 9.59 Å². The molecule has 7 heteroatoms. The van der Waals surface area contributed by atoms with E-state index in [0.29, 0.717) is 32.5 Å². The molecular weight excluding hydrogens is 354 g/mol. The molecule has 1 unspecified atom stereocenters. The molecule has 1 spiro atoms. The second-order valence-electron chi connectivity index (χ2n) is 7.76. The van der Waals surface area contributed by atoms with Crippen LogP contribution in [0.1, 0.15) is 44.1 Å². The van der Waals surface area contributed by atoms with Crippen LogP contribution in [-0.4, -0.2) is 55.0 Å². The molecular formula is C21H27N5O2. The monoisotopic (exact) mass is 381 g/mol. The van der Waals surface area contributed by atoms with Gasteiger partial charge in [-0.25, -0.2) is 4.98 Å². The van der Waals surface area contributed by atoms with E-state index in [1.165, 1.54) is 6.33 Å². The summed E-state index contributed by atoms with van der Waals surface area (Å²) in [6, 6.07) is 10.1. The average molecular weight is 381 g/mol. The molecule has 1 aromatic heterocycles. The van der Waals surface area contributed by atoms with Crippen LogP contribution >= 0.6 is 0 Å². The van der Waals surface area contributed by atoms with E-state index in [0.717, 1.165) is 37.8 Å². The molecule has 2 aliphatic rings. The Morgan fingerprint density at radius 3 is 2.64 bits per heavy atom. The van der Waals surface area contributed by atoms with Crippen LogP contribution in [0.15, 0.2) is 43.0 Å². The first-order chi connectivity index (χ1) is 13.7. The van der Waals surface area contributed by atoms with E-state index in [2.05, 4.69) is 22.2 Å². The molecule has 0 bridgehead atoms. The van der Waals surface area contributed by atoms with Crippen LogP contribution < -0.4 is 0 Å². The summed E-state index contributed by atoms with van der Waals surface area (Å²) in [4.78, 5) is 34.2. The average Bonchev–Trinajstić information content (AvgIpc) is 3.37. The van der Waals surface area contributed by atoms with Gasteiger partial charge in [-0.2, -0.15) is 5.10 Å². The van der Waals surface area contributed by atoms with Crippen LogP contribution in [0.25, 0.3) is 0 Å². The zero-order valence-corrected chi connectivity index (χ0v) is 16.2. The summed E-state index contributed by atoms with van der Waals surface area (Å²) in [5, 5.41) is 4.08. The van der Waals surface area contributed by atoms with Crippen molar-refractivity contribution in [3.8, 4) is 0 Å². The number of benzene rings is 1. The Hall–Kier alpha value is -2.70. The number of hydrogen-bond acceptors (Lipinski definition) is 4. The number of amides is 2. The molecule has 0 radical (unpaired) electrons. The number of hydrogen-bond donors (Lipinski definition) is 0. The van der Waals surface area contributed by atoms with E-state index in [4.69, 9.17) is 0 Å². The molecule has 2 amide bonds. The summed E-state index contributed by atoms with van der Waals surface area (Å²) in [5.41, 5.74) is 0.508. The van der Waals surface area contributed by atoms with Crippen molar-refractivity contribution in [2.75, 3.05) is 13.1 Å². The van der Waals surface area contributed by atoms with Gasteiger partial charge >= 0.3 is 0 Å². The second-order valence-corrected chi connectivity index (χ2v) is 7.76. The summed E-state index contributed by atoms with van der Waals surface area (Å²) in [7, 11) is 0. The maximum atomic E-state index is 13.4. The Bertz CT molecular complexity index is 807. The second kappa shape index (κ2) is 8.12. The van der Waals surface area contributed by atoms with Crippen molar-refractivity contribution in [1.29, 1.82) is 0 Å². The summed E-state index contributed by atoms with van der Waals surface area (Å²) in [6.07, 6.45) is 7.72. The van der Waals surface area contributed by atoms with Crippen molar-refractivity contribution in [3.05, 3.63) is 48.5 Å². The van der Waals surface area contributed by atoms with E-state index >= 15 is 0 Å². The largest absolute Gasteiger partial charge is 0.336 e. The van der Waals surface area contributed by atoms with Crippen molar-refractivity contribution in [2.45, 2.75) is 57.2 Å². The zero-order valence-electron chi connectivity index (χ0n) is 16.2. The van der Waals surface area contributed by atoms with Crippen LogP contribution in [0.3, 0.4) is 0 Å². The Morgan fingerprint density at radius 2 is 1.89 bits per heavy atom. The van der Waals surface area contributed by atoms with E-state index in [1.807, 2.05) is 28.0 Å². The molecule has 0 aliphatic carbocycles. The lowest BCUT2D eigenvalue weighted by Gasteiger charge is -2.44. The first kappa shape index (κ1) is 18.7. The smallest absolute Gasteiger partial charge is 0.248 e. The third kappa shape index (κ3) is 3.66. The van der Waals surface area contributed by atoms with E-state index < -0.39 is 5.54 Å². The minimum atomic E-state index is -0.628. The van der Waals surface area contributed by atoms with Crippen molar-refractivity contribution in [2.24, 2.45) is 0 Å². The fourth-order valence-electron chi connectivity index (χ4n) is 4.62. The molecule has 2 aliphatic heterocycles.